The normalized spacial score (nSPS) is 16.8. The number of halogens is 2. The predicted octanol–water partition coefficient (Wildman–Crippen LogP) is 2.55. The summed E-state index contributed by atoms with van der Waals surface area (Å²) in [5.74, 6) is 0.221. The highest BCUT2D eigenvalue weighted by Crippen LogP contribution is 2.48. The van der Waals surface area contributed by atoms with Gasteiger partial charge in [0, 0.05) is 18.2 Å². The number of nitrogens with one attached hydrogen (secondary N) is 1. The molecule has 0 aliphatic heterocycles. The van der Waals surface area contributed by atoms with E-state index in [1.807, 2.05) is 0 Å². The standard InChI is InChI=1S/C13H17BrClNO4S/c1-20-12-10(14)6-9(15)7-11(12)21(18,19)16-8-13(2-3-13)4-5-17/h6-7,16-17H,2-5,8H2,1H3. The first kappa shape index (κ1) is 17.0. The van der Waals surface area contributed by atoms with Crippen LogP contribution >= 0.6 is 27.5 Å². The monoisotopic (exact) mass is 397 g/mol. The molecule has 0 spiro atoms. The van der Waals surface area contributed by atoms with Crippen LogP contribution in [0.15, 0.2) is 21.5 Å². The summed E-state index contributed by atoms with van der Waals surface area (Å²) in [5.41, 5.74) is -0.106. The Morgan fingerprint density at radius 2 is 2.14 bits per heavy atom. The lowest BCUT2D eigenvalue weighted by Gasteiger charge is -2.16. The first-order valence-electron chi connectivity index (χ1n) is 6.47. The average Bonchev–Trinajstić information content (AvgIpc) is 3.17. The van der Waals surface area contributed by atoms with E-state index in [0.29, 0.717) is 22.5 Å². The second-order valence-corrected chi connectivity index (χ2v) is 8.24. The van der Waals surface area contributed by atoms with Gasteiger partial charge < -0.3 is 9.84 Å². The van der Waals surface area contributed by atoms with E-state index in [1.54, 1.807) is 6.07 Å². The summed E-state index contributed by atoms with van der Waals surface area (Å²) in [6.45, 7) is 0.372. The van der Waals surface area contributed by atoms with Crippen LogP contribution in [0.2, 0.25) is 5.02 Å². The molecular weight excluding hydrogens is 382 g/mol. The lowest BCUT2D eigenvalue weighted by molar-refractivity contribution is 0.249. The van der Waals surface area contributed by atoms with Crippen molar-refractivity contribution in [3.63, 3.8) is 0 Å². The molecule has 1 aliphatic rings. The zero-order chi connectivity index (χ0) is 15.7. The highest BCUT2D eigenvalue weighted by Gasteiger charge is 2.42. The van der Waals surface area contributed by atoms with Crippen molar-refractivity contribution < 1.29 is 18.3 Å². The molecule has 1 aliphatic carbocycles. The van der Waals surface area contributed by atoms with Gasteiger partial charge in [0.1, 0.15) is 4.90 Å². The Kier molecular flexibility index (Phi) is 5.20. The Balaban J connectivity index is 2.24. The molecule has 0 saturated heterocycles. The molecule has 0 heterocycles. The maximum Gasteiger partial charge on any atom is 0.244 e. The van der Waals surface area contributed by atoms with E-state index in [4.69, 9.17) is 21.4 Å². The van der Waals surface area contributed by atoms with Crippen LogP contribution in [0, 0.1) is 5.41 Å². The van der Waals surface area contributed by atoms with Gasteiger partial charge in [-0.05, 0) is 52.7 Å². The Bertz CT molecular complexity index is 631. The molecule has 0 bridgehead atoms. The number of aliphatic hydroxyl groups is 1. The Morgan fingerprint density at radius 3 is 2.67 bits per heavy atom. The van der Waals surface area contributed by atoms with Gasteiger partial charge >= 0.3 is 0 Å². The molecule has 5 nitrogen and oxygen atoms in total. The Labute approximate surface area is 137 Å². The molecule has 2 N–H and O–H groups in total. The Hall–Kier alpha value is -0.340. The highest BCUT2D eigenvalue weighted by molar-refractivity contribution is 9.10. The molecule has 1 saturated carbocycles. The molecule has 0 aromatic heterocycles. The van der Waals surface area contributed by atoms with Gasteiger partial charge in [-0.2, -0.15) is 0 Å². The fourth-order valence-electron chi connectivity index (χ4n) is 2.19. The Morgan fingerprint density at radius 1 is 1.48 bits per heavy atom. The molecule has 21 heavy (non-hydrogen) atoms. The van der Waals surface area contributed by atoms with E-state index in [0.717, 1.165) is 12.8 Å². The number of hydrogen-bond acceptors (Lipinski definition) is 4. The average molecular weight is 399 g/mol. The van der Waals surface area contributed by atoms with Crippen molar-refractivity contribution in [2.75, 3.05) is 20.3 Å². The summed E-state index contributed by atoms with van der Waals surface area (Å²) < 4.78 is 33.1. The van der Waals surface area contributed by atoms with Gasteiger partial charge in [0.05, 0.1) is 11.6 Å². The fraction of sp³-hybridized carbons (Fsp3) is 0.538. The third-order valence-corrected chi connectivity index (χ3v) is 5.92. The quantitative estimate of drug-likeness (QED) is 0.740. The van der Waals surface area contributed by atoms with E-state index in [1.165, 1.54) is 13.2 Å². The van der Waals surface area contributed by atoms with Crippen molar-refractivity contribution in [2.45, 2.75) is 24.2 Å². The van der Waals surface area contributed by atoms with Crippen LogP contribution in [0.1, 0.15) is 19.3 Å². The van der Waals surface area contributed by atoms with Crippen LogP contribution in [0.25, 0.3) is 0 Å². The van der Waals surface area contributed by atoms with Gasteiger partial charge in [0.25, 0.3) is 0 Å². The minimum absolute atomic E-state index is 0.00386. The lowest BCUT2D eigenvalue weighted by Crippen LogP contribution is -2.31. The van der Waals surface area contributed by atoms with Crippen LogP contribution in [-0.2, 0) is 10.0 Å². The smallest absolute Gasteiger partial charge is 0.244 e. The lowest BCUT2D eigenvalue weighted by atomic mass is 10.0. The van der Waals surface area contributed by atoms with E-state index >= 15 is 0 Å². The minimum Gasteiger partial charge on any atom is -0.494 e. The van der Waals surface area contributed by atoms with Crippen molar-refractivity contribution in [3.8, 4) is 5.75 Å². The largest absolute Gasteiger partial charge is 0.494 e. The van der Waals surface area contributed by atoms with Crippen LogP contribution < -0.4 is 9.46 Å². The molecule has 118 valence electrons. The third-order valence-electron chi connectivity index (χ3n) is 3.70. The maximum absolute atomic E-state index is 12.5. The summed E-state index contributed by atoms with van der Waals surface area (Å²) in [7, 11) is -2.33. The number of sulfonamides is 1. The van der Waals surface area contributed by atoms with E-state index in [9.17, 15) is 8.42 Å². The maximum atomic E-state index is 12.5. The SMILES string of the molecule is COc1c(Br)cc(Cl)cc1S(=O)(=O)NCC1(CCO)CC1. The number of aliphatic hydroxyl groups excluding tert-OH is 1. The molecule has 0 atom stereocenters. The second-order valence-electron chi connectivity index (χ2n) is 5.22. The number of benzene rings is 1. The van der Waals surface area contributed by atoms with Crippen molar-refractivity contribution >= 4 is 37.6 Å². The minimum atomic E-state index is -3.73. The highest BCUT2D eigenvalue weighted by atomic mass is 79.9. The van der Waals surface area contributed by atoms with Gasteiger partial charge in [0.15, 0.2) is 5.75 Å². The van der Waals surface area contributed by atoms with Crippen LogP contribution in [0.5, 0.6) is 5.75 Å². The zero-order valence-corrected chi connectivity index (χ0v) is 14.7. The van der Waals surface area contributed by atoms with E-state index in [2.05, 4.69) is 20.7 Å². The van der Waals surface area contributed by atoms with Crippen molar-refractivity contribution in [1.29, 1.82) is 0 Å². The third kappa shape index (κ3) is 3.90. The number of methoxy groups -OCH3 is 1. The predicted molar refractivity (Wildman–Crippen MR) is 84.3 cm³/mol. The molecule has 0 amide bonds. The summed E-state index contributed by atoms with van der Waals surface area (Å²) in [4.78, 5) is 0.00386. The van der Waals surface area contributed by atoms with Gasteiger partial charge in [-0.1, -0.05) is 11.6 Å². The molecule has 1 aromatic rings. The topological polar surface area (TPSA) is 75.6 Å². The summed E-state index contributed by atoms with van der Waals surface area (Å²) >= 11 is 9.17. The van der Waals surface area contributed by atoms with Gasteiger partial charge in [-0.25, -0.2) is 13.1 Å². The molecule has 0 radical (unpaired) electrons. The van der Waals surface area contributed by atoms with Crippen LogP contribution in [-0.4, -0.2) is 33.8 Å². The summed E-state index contributed by atoms with van der Waals surface area (Å²) in [6.07, 6.45) is 2.45. The van der Waals surface area contributed by atoms with Crippen LogP contribution in [0.3, 0.4) is 0 Å². The van der Waals surface area contributed by atoms with Gasteiger partial charge in [0.2, 0.25) is 10.0 Å². The van der Waals surface area contributed by atoms with Crippen LogP contribution in [0.4, 0.5) is 0 Å². The van der Waals surface area contributed by atoms with E-state index < -0.39 is 10.0 Å². The fourth-order valence-corrected chi connectivity index (χ4v) is 4.73. The van der Waals surface area contributed by atoms with Crippen molar-refractivity contribution in [1.82, 2.24) is 4.72 Å². The number of ether oxygens (including phenoxy) is 1. The molecule has 1 fully saturated rings. The van der Waals surface area contributed by atoms with E-state index in [-0.39, 0.29) is 22.7 Å². The first-order chi connectivity index (χ1) is 9.83. The van der Waals surface area contributed by atoms with Gasteiger partial charge in [-0.3, -0.25) is 0 Å². The number of rotatable bonds is 7. The van der Waals surface area contributed by atoms with Crippen molar-refractivity contribution in [3.05, 3.63) is 21.6 Å². The number of hydrogen-bond donors (Lipinski definition) is 2. The molecule has 8 heteroatoms. The molecule has 1 aromatic carbocycles. The van der Waals surface area contributed by atoms with Gasteiger partial charge in [-0.15, -0.1) is 0 Å². The molecular formula is C13H17BrClNO4S. The van der Waals surface area contributed by atoms with Crippen molar-refractivity contribution in [2.24, 2.45) is 5.41 Å². The summed E-state index contributed by atoms with van der Waals surface area (Å²) in [6, 6.07) is 2.94. The summed E-state index contributed by atoms with van der Waals surface area (Å²) in [5, 5.41) is 9.33. The molecule has 0 unspecified atom stereocenters. The zero-order valence-electron chi connectivity index (χ0n) is 11.5. The second kappa shape index (κ2) is 6.42. The molecule has 2 rings (SSSR count). The first-order valence-corrected chi connectivity index (χ1v) is 9.12.